The molecule has 1 aliphatic carbocycles. The second-order valence-electron chi connectivity index (χ2n) is 6.02. The molecule has 1 aromatic rings. The monoisotopic (exact) mass is 374 g/mol. The molecule has 0 saturated heterocycles. The summed E-state index contributed by atoms with van der Waals surface area (Å²) < 4.78 is 59.8. The third kappa shape index (κ3) is 5.27. The summed E-state index contributed by atoms with van der Waals surface area (Å²) in [5, 5.41) is 0. The van der Waals surface area contributed by atoms with Crippen LogP contribution in [-0.2, 0) is 20.2 Å². The van der Waals surface area contributed by atoms with Gasteiger partial charge in [0.25, 0.3) is 20.2 Å². The van der Waals surface area contributed by atoms with E-state index in [1.54, 1.807) is 38.1 Å². The first-order valence-corrected chi connectivity index (χ1v) is 10.0. The fourth-order valence-electron chi connectivity index (χ4n) is 1.98. The fourth-order valence-corrected chi connectivity index (χ4v) is 3.33. The Bertz CT molecular complexity index is 879. The normalized spacial score (nSPS) is 20.8. The molecule has 0 saturated carbocycles. The van der Waals surface area contributed by atoms with E-state index in [-0.39, 0.29) is 4.90 Å². The molecule has 0 heterocycles. The van der Waals surface area contributed by atoms with Crippen LogP contribution < -0.4 is 0 Å². The summed E-state index contributed by atoms with van der Waals surface area (Å²) in [5.74, 6) is 0. The number of benzene rings is 1. The molecule has 134 valence electrons. The van der Waals surface area contributed by atoms with E-state index < -0.39 is 25.0 Å². The lowest BCUT2D eigenvalue weighted by atomic mass is 9.98. The zero-order valence-corrected chi connectivity index (χ0v) is 15.6. The lowest BCUT2D eigenvalue weighted by Crippen LogP contribution is -2.33. The lowest BCUT2D eigenvalue weighted by molar-refractivity contribution is 0.452. The first-order valence-electron chi connectivity index (χ1n) is 7.14. The Labute approximate surface area is 143 Å². The molecule has 6 nitrogen and oxygen atoms in total. The van der Waals surface area contributed by atoms with E-state index in [4.69, 9.17) is 9.11 Å². The van der Waals surface area contributed by atoms with Gasteiger partial charge < -0.3 is 0 Å². The number of hydrogen-bond donors (Lipinski definition) is 2. The Balaban J connectivity index is 0.000000240. The van der Waals surface area contributed by atoms with Crippen LogP contribution >= 0.6 is 0 Å². The van der Waals surface area contributed by atoms with Crippen molar-refractivity contribution in [1.29, 1.82) is 0 Å². The van der Waals surface area contributed by atoms with Crippen molar-refractivity contribution in [3.8, 4) is 0 Å². The van der Waals surface area contributed by atoms with Gasteiger partial charge in [0.2, 0.25) is 0 Å². The van der Waals surface area contributed by atoms with Crippen LogP contribution in [0.15, 0.2) is 46.9 Å². The van der Waals surface area contributed by atoms with Gasteiger partial charge in [0.05, 0.1) is 4.90 Å². The van der Waals surface area contributed by atoms with Crippen LogP contribution in [0.5, 0.6) is 0 Å². The summed E-state index contributed by atoms with van der Waals surface area (Å²) in [5.41, 5.74) is 2.40. The average molecular weight is 374 g/mol. The van der Waals surface area contributed by atoms with Crippen molar-refractivity contribution in [3.63, 3.8) is 0 Å². The summed E-state index contributed by atoms with van der Waals surface area (Å²) in [6, 6.07) is 4.91. The first kappa shape index (κ1) is 20.6. The molecule has 2 N–H and O–H groups in total. The minimum Gasteiger partial charge on any atom is -0.285 e. The Morgan fingerprint density at radius 3 is 2.00 bits per heavy atom. The van der Waals surface area contributed by atoms with Crippen LogP contribution in [0.25, 0.3) is 0 Å². The quantitative estimate of drug-likeness (QED) is 0.770. The van der Waals surface area contributed by atoms with Crippen LogP contribution in [0.2, 0.25) is 0 Å². The second-order valence-corrected chi connectivity index (χ2v) is 9.29. The highest BCUT2D eigenvalue weighted by atomic mass is 32.2. The number of rotatable bonds is 2. The molecular formula is C16H22O6S2. The van der Waals surface area contributed by atoms with Gasteiger partial charge in [0.15, 0.2) is 0 Å². The van der Waals surface area contributed by atoms with E-state index in [2.05, 4.69) is 0 Å². The van der Waals surface area contributed by atoms with Crippen LogP contribution in [0.4, 0.5) is 0 Å². The van der Waals surface area contributed by atoms with Gasteiger partial charge in [-0.05, 0) is 51.3 Å². The molecule has 0 aromatic heterocycles. The molecule has 1 aromatic carbocycles. The SMILES string of the molecule is CC1=CCC(C)(S(=O)(=O)O)C=C1.Cc1ccc(C)c(S(=O)(=O)O)c1. The Hall–Kier alpha value is -1.48. The molecule has 1 unspecified atom stereocenters. The summed E-state index contributed by atoms with van der Waals surface area (Å²) >= 11 is 0. The highest BCUT2D eigenvalue weighted by molar-refractivity contribution is 7.87. The van der Waals surface area contributed by atoms with E-state index in [1.165, 1.54) is 19.1 Å². The van der Waals surface area contributed by atoms with Crippen molar-refractivity contribution >= 4 is 20.2 Å². The predicted octanol–water partition coefficient (Wildman–Crippen LogP) is 3.09. The maximum atomic E-state index is 10.9. The van der Waals surface area contributed by atoms with Crippen molar-refractivity contribution < 1.29 is 25.9 Å². The summed E-state index contributed by atoms with van der Waals surface area (Å²) in [7, 11) is -8.04. The topological polar surface area (TPSA) is 109 Å². The zero-order chi connectivity index (χ0) is 18.8. The van der Waals surface area contributed by atoms with Crippen molar-refractivity contribution in [2.75, 3.05) is 0 Å². The minimum atomic E-state index is -4.06. The van der Waals surface area contributed by atoms with Crippen LogP contribution in [0.1, 0.15) is 31.4 Å². The Morgan fingerprint density at radius 2 is 1.62 bits per heavy atom. The van der Waals surface area contributed by atoms with Crippen LogP contribution in [-0.4, -0.2) is 30.7 Å². The van der Waals surface area contributed by atoms with Crippen LogP contribution in [0, 0.1) is 13.8 Å². The third-order valence-corrected chi connectivity index (χ3v) is 6.22. The largest absolute Gasteiger partial charge is 0.294 e. The van der Waals surface area contributed by atoms with Crippen molar-refractivity contribution in [3.05, 3.63) is 53.1 Å². The van der Waals surface area contributed by atoms with Gasteiger partial charge >= 0.3 is 0 Å². The Kier molecular flexibility index (Phi) is 6.15. The first-order chi connectivity index (χ1) is 10.8. The molecule has 1 atom stereocenters. The average Bonchev–Trinajstić information content (AvgIpc) is 2.43. The molecule has 1 aliphatic rings. The summed E-state index contributed by atoms with van der Waals surface area (Å²) in [4.78, 5) is -0.0116. The lowest BCUT2D eigenvalue weighted by Gasteiger charge is -2.23. The molecular weight excluding hydrogens is 352 g/mol. The van der Waals surface area contributed by atoms with Crippen molar-refractivity contribution in [2.45, 2.75) is 43.8 Å². The van der Waals surface area contributed by atoms with E-state index in [9.17, 15) is 16.8 Å². The number of allylic oxidation sites excluding steroid dienone is 3. The van der Waals surface area contributed by atoms with Gasteiger partial charge in [-0.1, -0.05) is 35.9 Å². The zero-order valence-electron chi connectivity index (χ0n) is 14.0. The number of aryl methyl sites for hydroxylation is 2. The second kappa shape index (κ2) is 7.18. The molecule has 0 radical (unpaired) electrons. The highest BCUT2D eigenvalue weighted by Gasteiger charge is 2.35. The molecule has 8 heteroatoms. The van der Waals surface area contributed by atoms with E-state index in [0.29, 0.717) is 12.0 Å². The van der Waals surface area contributed by atoms with E-state index in [1.807, 2.05) is 6.92 Å². The van der Waals surface area contributed by atoms with Gasteiger partial charge in [-0.25, -0.2) is 0 Å². The molecule has 2 rings (SSSR count). The predicted molar refractivity (Wildman–Crippen MR) is 93.2 cm³/mol. The molecule has 0 fully saturated rings. The van der Waals surface area contributed by atoms with Crippen molar-refractivity contribution in [2.24, 2.45) is 0 Å². The molecule has 24 heavy (non-hydrogen) atoms. The molecule has 0 spiro atoms. The minimum absolute atomic E-state index is 0.0116. The summed E-state index contributed by atoms with van der Waals surface area (Å²) in [6.45, 7) is 6.80. The maximum absolute atomic E-state index is 10.9. The van der Waals surface area contributed by atoms with Gasteiger partial charge in [0, 0.05) is 0 Å². The van der Waals surface area contributed by atoms with Gasteiger partial charge in [-0.2, -0.15) is 16.8 Å². The Morgan fingerprint density at radius 1 is 1.04 bits per heavy atom. The van der Waals surface area contributed by atoms with Crippen molar-refractivity contribution in [1.82, 2.24) is 0 Å². The fraction of sp³-hybridized carbons (Fsp3) is 0.375. The van der Waals surface area contributed by atoms with E-state index >= 15 is 0 Å². The molecule has 0 aliphatic heterocycles. The smallest absolute Gasteiger partial charge is 0.285 e. The van der Waals surface area contributed by atoms with Crippen LogP contribution in [0.3, 0.4) is 0 Å². The number of hydrogen-bond acceptors (Lipinski definition) is 4. The molecule has 0 bridgehead atoms. The molecule has 0 amide bonds. The third-order valence-electron chi connectivity index (χ3n) is 3.74. The highest BCUT2D eigenvalue weighted by Crippen LogP contribution is 2.27. The summed E-state index contributed by atoms with van der Waals surface area (Å²) in [6.07, 6.45) is 5.37. The van der Waals surface area contributed by atoms with E-state index in [0.717, 1.165) is 11.1 Å². The standard InChI is InChI=1S/C8H12O3S.C8H10O3S/c1-7-3-5-8(2,6-4-7)12(9,10)11;1-6-3-4-7(2)8(5-6)12(9,10)11/h3-5H,6H2,1-2H3,(H,9,10,11);3-5H,1-2H3,(H,9,10,11). The van der Waals surface area contributed by atoms with Gasteiger partial charge in [-0.3, -0.25) is 9.11 Å². The maximum Gasteiger partial charge on any atom is 0.294 e. The van der Waals surface area contributed by atoms with Gasteiger partial charge in [-0.15, -0.1) is 0 Å². The van der Waals surface area contributed by atoms with Gasteiger partial charge in [0.1, 0.15) is 4.75 Å².